The predicted molar refractivity (Wildman–Crippen MR) is 85.1 cm³/mol. The second-order valence-corrected chi connectivity index (χ2v) is 5.14. The Bertz CT molecular complexity index is 829. The molecule has 23 heavy (non-hydrogen) atoms. The first-order chi connectivity index (χ1) is 11.2. The minimum atomic E-state index is 0.157. The quantitative estimate of drug-likeness (QED) is 0.510. The highest BCUT2D eigenvalue weighted by molar-refractivity contribution is 6.34. The third-order valence-electron chi connectivity index (χ3n) is 3.34. The number of rotatable bonds is 6. The van der Waals surface area contributed by atoms with E-state index in [1.54, 1.807) is 6.20 Å². The molecule has 0 spiro atoms. The zero-order valence-corrected chi connectivity index (χ0v) is 13.2. The van der Waals surface area contributed by atoms with Gasteiger partial charge in [-0.3, -0.25) is 0 Å². The number of nitrogens with zero attached hydrogens (tertiary/aromatic N) is 5. The molecule has 9 nitrogen and oxygen atoms in total. The number of hydrogen-bond donors (Lipinski definition) is 2. The minimum Gasteiger partial charge on any atom is -0.490 e. The number of nitrogen functional groups attached to an aromatic ring is 1. The Morgan fingerprint density at radius 2 is 2.22 bits per heavy atom. The fraction of sp³-hybridized carbons (Fsp3) is 0.385. The van der Waals surface area contributed by atoms with Crippen molar-refractivity contribution in [3.63, 3.8) is 0 Å². The van der Waals surface area contributed by atoms with Crippen molar-refractivity contribution in [2.24, 2.45) is 5.73 Å². The maximum Gasteiger partial charge on any atom is 0.199 e. The number of aryl methyl sites for hydroxylation is 1. The van der Waals surface area contributed by atoms with Crippen LogP contribution in [0.15, 0.2) is 10.8 Å². The molecule has 0 saturated heterocycles. The molecule has 4 N–H and O–H groups in total. The van der Waals surface area contributed by atoms with Crippen molar-refractivity contribution in [2.45, 2.75) is 19.9 Å². The lowest BCUT2D eigenvalue weighted by Crippen LogP contribution is -2.07. The molecule has 3 heterocycles. The summed E-state index contributed by atoms with van der Waals surface area (Å²) in [5.74, 6) is 1.23. The molecule has 0 saturated carbocycles. The van der Waals surface area contributed by atoms with Gasteiger partial charge in [0.15, 0.2) is 28.2 Å². The van der Waals surface area contributed by atoms with Gasteiger partial charge in [-0.05, 0) is 30.2 Å². The summed E-state index contributed by atoms with van der Waals surface area (Å²) in [6, 6.07) is 0. The zero-order valence-electron chi connectivity index (χ0n) is 12.5. The SMILES string of the molecule is CCn1c(-c2nonc2N)nc2c(Cl)ncc(OCCCN)c21. The van der Waals surface area contributed by atoms with Gasteiger partial charge in [-0.15, -0.1) is 0 Å². The molecule has 0 amide bonds. The molecule has 0 aliphatic rings. The smallest absolute Gasteiger partial charge is 0.199 e. The molecular formula is C13H16ClN7O2. The van der Waals surface area contributed by atoms with E-state index in [4.69, 9.17) is 27.8 Å². The first-order valence-corrected chi connectivity index (χ1v) is 7.51. The first-order valence-electron chi connectivity index (χ1n) is 7.13. The summed E-state index contributed by atoms with van der Waals surface area (Å²) >= 11 is 6.18. The summed E-state index contributed by atoms with van der Waals surface area (Å²) in [5.41, 5.74) is 12.9. The van der Waals surface area contributed by atoms with Gasteiger partial charge < -0.3 is 20.8 Å². The number of halogens is 1. The van der Waals surface area contributed by atoms with Crippen molar-refractivity contribution in [2.75, 3.05) is 18.9 Å². The molecule has 0 fully saturated rings. The average molecular weight is 338 g/mol. The van der Waals surface area contributed by atoms with Gasteiger partial charge in [0, 0.05) is 6.54 Å². The Morgan fingerprint density at radius 1 is 1.39 bits per heavy atom. The molecule has 3 aromatic rings. The van der Waals surface area contributed by atoms with E-state index in [-0.39, 0.29) is 11.0 Å². The van der Waals surface area contributed by atoms with Crippen molar-refractivity contribution in [1.29, 1.82) is 0 Å². The van der Waals surface area contributed by atoms with E-state index >= 15 is 0 Å². The molecule has 122 valence electrons. The van der Waals surface area contributed by atoms with E-state index in [0.717, 1.165) is 11.9 Å². The van der Waals surface area contributed by atoms with E-state index in [1.807, 2.05) is 11.5 Å². The van der Waals surface area contributed by atoms with Gasteiger partial charge in [0.2, 0.25) is 0 Å². The number of aromatic nitrogens is 5. The number of ether oxygens (including phenoxy) is 1. The van der Waals surface area contributed by atoms with Crippen LogP contribution in [0.25, 0.3) is 22.6 Å². The van der Waals surface area contributed by atoms with Gasteiger partial charge in [-0.25, -0.2) is 14.6 Å². The Morgan fingerprint density at radius 3 is 2.87 bits per heavy atom. The molecule has 3 rings (SSSR count). The third kappa shape index (κ3) is 2.68. The van der Waals surface area contributed by atoms with E-state index in [9.17, 15) is 0 Å². The molecule has 0 bridgehead atoms. The number of pyridine rings is 1. The predicted octanol–water partition coefficient (Wildman–Crippen LogP) is 1.46. The monoisotopic (exact) mass is 337 g/mol. The topological polar surface area (TPSA) is 131 Å². The van der Waals surface area contributed by atoms with Gasteiger partial charge >= 0.3 is 0 Å². The number of fused-ring (bicyclic) bond motifs is 1. The molecule has 10 heteroatoms. The maximum absolute atomic E-state index is 6.18. The molecule has 0 radical (unpaired) electrons. The normalized spacial score (nSPS) is 11.3. The fourth-order valence-electron chi connectivity index (χ4n) is 2.29. The second-order valence-electron chi connectivity index (χ2n) is 4.78. The second kappa shape index (κ2) is 6.39. The van der Waals surface area contributed by atoms with Crippen LogP contribution in [0.4, 0.5) is 5.82 Å². The van der Waals surface area contributed by atoms with Gasteiger partial charge in [-0.1, -0.05) is 11.6 Å². The van der Waals surface area contributed by atoms with E-state index in [2.05, 4.69) is 24.9 Å². The van der Waals surface area contributed by atoms with Crippen LogP contribution in [0.5, 0.6) is 5.75 Å². The summed E-state index contributed by atoms with van der Waals surface area (Å²) in [6.07, 6.45) is 2.31. The van der Waals surface area contributed by atoms with Crippen LogP contribution in [0.1, 0.15) is 13.3 Å². The summed E-state index contributed by atoms with van der Waals surface area (Å²) < 4.78 is 12.3. The van der Waals surface area contributed by atoms with Gasteiger partial charge in [0.25, 0.3) is 0 Å². The molecule has 0 unspecified atom stereocenters. The third-order valence-corrected chi connectivity index (χ3v) is 3.62. The standard InChI is InChI=1S/C13H16ClN7O2/c1-2-21-10-7(22-5-3-4-15)6-17-11(14)8(10)18-13(21)9-12(16)20-23-19-9/h6H,2-5,15H2,1H3,(H2,16,20). The first kappa shape index (κ1) is 15.5. The van der Waals surface area contributed by atoms with Crippen molar-refractivity contribution < 1.29 is 9.37 Å². The maximum atomic E-state index is 6.18. The Labute approximate surface area is 136 Å². The average Bonchev–Trinajstić information content (AvgIpc) is 3.13. The van der Waals surface area contributed by atoms with Crippen LogP contribution < -0.4 is 16.2 Å². The lowest BCUT2D eigenvalue weighted by Gasteiger charge is -2.10. The van der Waals surface area contributed by atoms with Gasteiger partial charge in [0.05, 0.1) is 12.8 Å². The van der Waals surface area contributed by atoms with Gasteiger partial charge in [-0.2, -0.15) is 0 Å². The Balaban J connectivity index is 2.19. The van der Waals surface area contributed by atoms with E-state index in [0.29, 0.717) is 42.5 Å². The minimum absolute atomic E-state index is 0.157. The number of imidazole rings is 1. The highest BCUT2D eigenvalue weighted by Gasteiger charge is 2.22. The number of anilines is 1. The van der Waals surface area contributed by atoms with Crippen LogP contribution in [0.3, 0.4) is 0 Å². The van der Waals surface area contributed by atoms with Crippen molar-refractivity contribution >= 4 is 28.5 Å². The van der Waals surface area contributed by atoms with Gasteiger partial charge in [0.1, 0.15) is 11.0 Å². The largest absolute Gasteiger partial charge is 0.490 e. The molecular weight excluding hydrogens is 322 g/mol. The van der Waals surface area contributed by atoms with Crippen LogP contribution in [0.2, 0.25) is 5.15 Å². The van der Waals surface area contributed by atoms with E-state index in [1.165, 1.54) is 0 Å². The lowest BCUT2D eigenvalue weighted by molar-refractivity contribution is 0.310. The van der Waals surface area contributed by atoms with Crippen LogP contribution >= 0.6 is 11.6 Å². The van der Waals surface area contributed by atoms with E-state index < -0.39 is 0 Å². The fourth-order valence-corrected chi connectivity index (χ4v) is 2.47. The number of hydrogen-bond acceptors (Lipinski definition) is 8. The molecule has 0 aliphatic heterocycles. The van der Waals surface area contributed by atoms with Crippen molar-refractivity contribution in [3.05, 3.63) is 11.3 Å². The summed E-state index contributed by atoms with van der Waals surface area (Å²) in [6.45, 7) is 3.59. The molecule has 3 aromatic heterocycles. The summed E-state index contributed by atoms with van der Waals surface area (Å²) in [5, 5.41) is 7.67. The summed E-state index contributed by atoms with van der Waals surface area (Å²) in [4.78, 5) is 8.62. The van der Waals surface area contributed by atoms with Crippen molar-refractivity contribution in [3.8, 4) is 17.3 Å². The molecule has 0 aliphatic carbocycles. The highest BCUT2D eigenvalue weighted by atomic mass is 35.5. The van der Waals surface area contributed by atoms with Crippen LogP contribution in [-0.4, -0.2) is 38.0 Å². The molecule has 0 atom stereocenters. The van der Waals surface area contributed by atoms with Crippen molar-refractivity contribution in [1.82, 2.24) is 24.8 Å². The van der Waals surface area contributed by atoms with Crippen LogP contribution in [0, 0.1) is 0 Å². The summed E-state index contributed by atoms with van der Waals surface area (Å²) in [7, 11) is 0. The number of nitrogens with two attached hydrogens (primary N) is 2. The lowest BCUT2D eigenvalue weighted by atomic mass is 10.3. The molecule has 0 aromatic carbocycles. The highest BCUT2D eigenvalue weighted by Crippen LogP contribution is 2.34. The van der Waals surface area contributed by atoms with Crippen LogP contribution in [-0.2, 0) is 6.54 Å². The Hall–Kier alpha value is -2.39. The Kier molecular flexibility index (Phi) is 4.30. The zero-order chi connectivity index (χ0) is 16.4.